The van der Waals surface area contributed by atoms with Gasteiger partial charge in [-0.25, -0.2) is 13.2 Å². The average Bonchev–Trinajstić information content (AvgIpc) is 2.75. The normalized spacial score (nSPS) is 23.7. The summed E-state index contributed by atoms with van der Waals surface area (Å²) in [6, 6.07) is 0. The Labute approximate surface area is 194 Å². The molecule has 15 heteroatoms. The SMILES string of the molecule is CC(=O)OC[C@H]1O[C@@H](Oc2c(F)c(F)c(F)c(F)c2F)[C@H](OC(C)=O)[C@@H](OC(C)=O)[C@@H]1OC(C)=O. The van der Waals surface area contributed by atoms with E-state index in [9.17, 15) is 41.1 Å². The van der Waals surface area contributed by atoms with Crippen LogP contribution >= 0.6 is 0 Å². The van der Waals surface area contributed by atoms with Crippen molar-refractivity contribution in [2.45, 2.75) is 58.4 Å². The average molecular weight is 514 g/mol. The molecule has 5 atom stereocenters. The lowest BCUT2D eigenvalue weighted by Crippen LogP contribution is -2.63. The highest BCUT2D eigenvalue weighted by Crippen LogP contribution is 2.35. The molecule has 1 aromatic rings. The van der Waals surface area contributed by atoms with Crippen molar-refractivity contribution in [3.8, 4) is 5.75 Å². The molecule has 0 unspecified atom stereocenters. The second kappa shape index (κ2) is 11.3. The summed E-state index contributed by atoms with van der Waals surface area (Å²) in [7, 11) is 0. The Balaban J connectivity index is 2.60. The van der Waals surface area contributed by atoms with Crippen molar-refractivity contribution in [1.29, 1.82) is 0 Å². The summed E-state index contributed by atoms with van der Waals surface area (Å²) in [5.74, 6) is -17.6. The standard InChI is InChI=1S/C20H19F5O10/c1-6(26)30-5-10-16(31-7(2)27)18(32-8(3)28)19(33-9(4)29)20(34-10)35-17-14(24)12(22)11(21)13(23)15(17)25/h10,16,18-20H,5H2,1-4H3/t10-,16-,18+,19-,20+/m1/s1. The fourth-order valence-corrected chi connectivity index (χ4v) is 3.09. The van der Waals surface area contributed by atoms with E-state index >= 15 is 0 Å². The molecule has 0 radical (unpaired) electrons. The van der Waals surface area contributed by atoms with E-state index < -0.39 is 96.0 Å². The molecule has 0 saturated carbocycles. The Bertz CT molecular complexity index is 987. The summed E-state index contributed by atoms with van der Waals surface area (Å²) in [6.07, 6.45) is -9.16. The molecule has 1 aliphatic rings. The maximum atomic E-state index is 14.2. The summed E-state index contributed by atoms with van der Waals surface area (Å²) in [5.41, 5.74) is 0. The summed E-state index contributed by atoms with van der Waals surface area (Å²) < 4.78 is 99.3. The van der Waals surface area contributed by atoms with Crippen molar-refractivity contribution < 1.29 is 69.6 Å². The first-order chi connectivity index (χ1) is 16.2. The molecule has 0 amide bonds. The maximum absolute atomic E-state index is 14.2. The second-order valence-corrected chi connectivity index (χ2v) is 7.08. The minimum Gasteiger partial charge on any atom is -0.463 e. The Hall–Kier alpha value is -3.49. The molecule has 0 bridgehead atoms. The Kier molecular flexibility index (Phi) is 8.95. The van der Waals surface area contributed by atoms with Crippen LogP contribution in [0.5, 0.6) is 5.75 Å². The van der Waals surface area contributed by atoms with Gasteiger partial charge in [0.2, 0.25) is 47.2 Å². The first kappa shape index (κ1) is 27.8. The van der Waals surface area contributed by atoms with E-state index in [1.165, 1.54) is 0 Å². The summed E-state index contributed by atoms with van der Waals surface area (Å²) >= 11 is 0. The van der Waals surface area contributed by atoms with E-state index in [1.807, 2.05) is 0 Å². The van der Waals surface area contributed by atoms with E-state index in [-0.39, 0.29) is 0 Å². The number of halogens is 5. The molecule has 0 aliphatic carbocycles. The quantitative estimate of drug-likeness (QED) is 0.175. The van der Waals surface area contributed by atoms with Gasteiger partial charge in [-0.15, -0.1) is 0 Å². The summed E-state index contributed by atoms with van der Waals surface area (Å²) in [4.78, 5) is 46.3. The topological polar surface area (TPSA) is 124 Å². The fourth-order valence-electron chi connectivity index (χ4n) is 3.09. The minimum absolute atomic E-state index is 0.713. The smallest absolute Gasteiger partial charge is 0.303 e. The van der Waals surface area contributed by atoms with Gasteiger partial charge >= 0.3 is 23.9 Å². The molecular formula is C20H19F5O10. The van der Waals surface area contributed by atoms with Crippen molar-refractivity contribution in [1.82, 2.24) is 0 Å². The van der Waals surface area contributed by atoms with Crippen molar-refractivity contribution in [3.05, 3.63) is 29.1 Å². The summed E-state index contributed by atoms with van der Waals surface area (Å²) in [6.45, 7) is 3.01. The van der Waals surface area contributed by atoms with Crippen molar-refractivity contribution in [2.24, 2.45) is 0 Å². The molecule has 194 valence electrons. The minimum atomic E-state index is -2.46. The third-order valence-corrected chi connectivity index (χ3v) is 4.35. The Morgan fingerprint density at radius 3 is 1.54 bits per heavy atom. The van der Waals surface area contributed by atoms with Gasteiger partial charge in [-0.3, -0.25) is 19.2 Å². The zero-order valence-electron chi connectivity index (χ0n) is 18.6. The van der Waals surface area contributed by atoms with Gasteiger partial charge in [0.25, 0.3) is 0 Å². The summed E-state index contributed by atoms with van der Waals surface area (Å²) in [5, 5.41) is 0. The Morgan fingerprint density at radius 1 is 0.657 bits per heavy atom. The van der Waals surface area contributed by atoms with Gasteiger partial charge in [-0.1, -0.05) is 0 Å². The molecule has 0 spiro atoms. The number of hydrogen-bond acceptors (Lipinski definition) is 10. The number of ether oxygens (including phenoxy) is 6. The number of carbonyl (C=O) groups is 4. The highest BCUT2D eigenvalue weighted by Gasteiger charge is 2.54. The predicted molar refractivity (Wildman–Crippen MR) is 98.8 cm³/mol. The first-order valence-corrected chi connectivity index (χ1v) is 9.73. The van der Waals surface area contributed by atoms with E-state index in [0.29, 0.717) is 0 Å². The highest BCUT2D eigenvalue weighted by molar-refractivity contribution is 5.68. The van der Waals surface area contributed by atoms with Crippen LogP contribution in [0.15, 0.2) is 0 Å². The van der Waals surface area contributed by atoms with Crippen molar-refractivity contribution in [3.63, 3.8) is 0 Å². The van der Waals surface area contributed by atoms with Gasteiger partial charge in [0, 0.05) is 27.7 Å². The van der Waals surface area contributed by atoms with Crippen LogP contribution in [-0.4, -0.2) is 61.2 Å². The molecular weight excluding hydrogens is 495 g/mol. The van der Waals surface area contributed by atoms with E-state index in [2.05, 4.69) is 0 Å². The first-order valence-electron chi connectivity index (χ1n) is 9.73. The Morgan fingerprint density at radius 2 is 1.09 bits per heavy atom. The lowest BCUT2D eigenvalue weighted by atomic mass is 9.98. The molecule has 1 heterocycles. The third kappa shape index (κ3) is 6.55. The van der Waals surface area contributed by atoms with Crippen LogP contribution in [0.4, 0.5) is 22.0 Å². The fraction of sp³-hybridized carbons (Fsp3) is 0.500. The molecule has 0 N–H and O–H groups in total. The number of hydrogen-bond donors (Lipinski definition) is 0. The number of benzene rings is 1. The van der Waals surface area contributed by atoms with Gasteiger partial charge in [0.15, 0.2) is 12.2 Å². The van der Waals surface area contributed by atoms with Crippen LogP contribution in [0.2, 0.25) is 0 Å². The number of rotatable bonds is 7. The van der Waals surface area contributed by atoms with Crippen molar-refractivity contribution >= 4 is 23.9 Å². The molecule has 35 heavy (non-hydrogen) atoms. The number of carbonyl (C=O) groups excluding carboxylic acids is 4. The van der Waals surface area contributed by atoms with Crippen LogP contribution in [0.3, 0.4) is 0 Å². The molecule has 1 aliphatic heterocycles. The van der Waals surface area contributed by atoms with Crippen LogP contribution in [-0.2, 0) is 42.9 Å². The predicted octanol–water partition coefficient (Wildman–Crippen LogP) is 1.84. The lowest BCUT2D eigenvalue weighted by Gasteiger charge is -2.43. The van der Waals surface area contributed by atoms with Gasteiger partial charge in [0.1, 0.15) is 12.7 Å². The van der Waals surface area contributed by atoms with Gasteiger partial charge < -0.3 is 28.4 Å². The molecule has 1 saturated heterocycles. The molecule has 1 aromatic carbocycles. The van der Waals surface area contributed by atoms with E-state index in [4.69, 9.17) is 28.4 Å². The third-order valence-electron chi connectivity index (χ3n) is 4.35. The van der Waals surface area contributed by atoms with E-state index in [1.54, 1.807) is 0 Å². The van der Waals surface area contributed by atoms with Gasteiger partial charge in [-0.2, -0.15) is 8.78 Å². The highest BCUT2D eigenvalue weighted by atomic mass is 19.2. The molecule has 10 nitrogen and oxygen atoms in total. The zero-order valence-corrected chi connectivity index (χ0v) is 18.6. The van der Waals surface area contributed by atoms with Crippen LogP contribution < -0.4 is 4.74 Å². The van der Waals surface area contributed by atoms with Crippen LogP contribution in [0, 0.1) is 29.1 Å². The van der Waals surface area contributed by atoms with Crippen LogP contribution in [0.25, 0.3) is 0 Å². The van der Waals surface area contributed by atoms with Crippen molar-refractivity contribution in [2.75, 3.05) is 6.61 Å². The second-order valence-electron chi connectivity index (χ2n) is 7.08. The monoisotopic (exact) mass is 514 g/mol. The molecule has 1 fully saturated rings. The molecule has 0 aromatic heterocycles. The van der Waals surface area contributed by atoms with E-state index in [0.717, 1.165) is 27.7 Å². The maximum Gasteiger partial charge on any atom is 0.303 e. The lowest BCUT2D eigenvalue weighted by molar-refractivity contribution is -0.289. The molecule has 2 rings (SSSR count). The van der Waals surface area contributed by atoms with Gasteiger partial charge in [0.05, 0.1) is 0 Å². The van der Waals surface area contributed by atoms with Crippen LogP contribution in [0.1, 0.15) is 27.7 Å². The largest absolute Gasteiger partial charge is 0.463 e. The van der Waals surface area contributed by atoms with Gasteiger partial charge in [-0.05, 0) is 0 Å². The zero-order chi connectivity index (χ0) is 26.6. The number of esters is 4.